The summed E-state index contributed by atoms with van der Waals surface area (Å²) in [7, 11) is 3.26. The van der Waals surface area contributed by atoms with E-state index >= 15 is 0 Å². The lowest BCUT2D eigenvalue weighted by Gasteiger charge is -2.10. The van der Waals surface area contributed by atoms with E-state index in [2.05, 4.69) is 22.2 Å². The molecule has 0 amide bonds. The van der Waals surface area contributed by atoms with Gasteiger partial charge in [0.25, 0.3) is 0 Å². The van der Waals surface area contributed by atoms with Crippen LogP contribution in [0.1, 0.15) is 5.69 Å². The second-order valence-electron chi connectivity index (χ2n) is 7.06. The standard InChI is InChI=1S/C24H20N4O2/c1-15-10-21(17-8-9-22(29-2)23(12-17)30-3)27-24-19(14-26-28(15)24)18-11-16-6-4-5-7-20(16)25-13-18/h4-14H,1-3H3. The van der Waals surface area contributed by atoms with Crippen molar-refractivity contribution < 1.29 is 9.47 Å². The Hall–Kier alpha value is -3.93. The highest BCUT2D eigenvalue weighted by Crippen LogP contribution is 2.33. The fraction of sp³-hybridized carbons (Fsp3) is 0.125. The topological polar surface area (TPSA) is 61.5 Å². The van der Waals surface area contributed by atoms with Crippen molar-refractivity contribution >= 4 is 16.6 Å². The van der Waals surface area contributed by atoms with Gasteiger partial charge < -0.3 is 9.47 Å². The molecule has 0 atom stereocenters. The van der Waals surface area contributed by atoms with Crippen LogP contribution >= 0.6 is 0 Å². The summed E-state index contributed by atoms with van der Waals surface area (Å²) in [5, 5.41) is 5.64. The van der Waals surface area contributed by atoms with Crippen molar-refractivity contribution in [1.29, 1.82) is 0 Å². The molecule has 0 unspecified atom stereocenters. The fourth-order valence-electron chi connectivity index (χ4n) is 3.68. The van der Waals surface area contributed by atoms with Gasteiger partial charge in [-0.2, -0.15) is 5.10 Å². The van der Waals surface area contributed by atoms with Crippen molar-refractivity contribution in [1.82, 2.24) is 19.6 Å². The number of aryl methyl sites for hydroxylation is 1. The number of rotatable bonds is 4. The Labute approximate surface area is 173 Å². The van der Waals surface area contributed by atoms with E-state index in [9.17, 15) is 0 Å². The second-order valence-corrected chi connectivity index (χ2v) is 7.06. The van der Waals surface area contributed by atoms with Crippen LogP contribution in [0, 0.1) is 6.92 Å². The Kier molecular flexibility index (Phi) is 4.32. The van der Waals surface area contributed by atoms with Crippen LogP contribution in [0.15, 0.2) is 67.0 Å². The predicted molar refractivity (Wildman–Crippen MR) is 117 cm³/mol. The molecule has 0 saturated heterocycles. The number of benzene rings is 2. The molecule has 0 saturated carbocycles. The molecule has 0 aliphatic carbocycles. The zero-order valence-electron chi connectivity index (χ0n) is 17.0. The average molecular weight is 396 g/mol. The number of para-hydroxylation sites is 1. The molecule has 148 valence electrons. The maximum absolute atomic E-state index is 5.46. The van der Waals surface area contributed by atoms with Gasteiger partial charge in [-0.15, -0.1) is 0 Å². The van der Waals surface area contributed by atoms with Gasteiger partial charge in [-0.3, -0.25) is 4.98 Å². The lowest BCUT2D eigenvalue weighted by molar-refractivity contribution is 0.355. The molecule has 3 aromatic heterocycles. The van der Waals surface area contributed by atoms with Crippen LogP contribution in [0.4, 0.5) is 0 Å². The molecule has 0 fully saturated rings. The van der Waals surface area contributed by atoms with Crippen molar-refractivity contribution in [2.45, 2.75) is 6.92 Å². The molecule has 6 nitrogen and oxygen atoms in total. The lowest BCUT2D eigenvalue weighted by Crippen LogP contribution is -1.98. The maximum atomic E-state index is 5.46. The summed E-state index contributed by atoms with van der Waals surface area (Å²) in [5.74, 6) is 1.35. The number of hydrogen-bond donors (Lipinski definition) is 0. The first-order valence-corrected chi connectivity index (χ1v) is 9.61. The first kappa shape index (κ1) is 18.1. The molecule has 0 spiro atoms. The first-order chi connectivity index (χ1) is 14.7. The van der Waals surface area contributed by atoms with Crippen LogP contribution < -0.4 is 9.47 Å². The number of hydrogen-bond acceptors (Lipinski definition) is 5. The second kappa shape index (κ2) is 7.15. The van der Waals surface area contributed by atoms with E-state index < -0.39 is 0 Å². The molecule has 5 rings (SSSR count). The summed E-state index contributed by atoms with van der Waals surface area (Å²) < 4.78 is 12.7. The third-order valence-corrected chi connectivity index (χ3v) is 5.23. The van der Waals surface area contributed by atoms with E-state index in [1.807, 2.05) is 66.3 Å². The molecule has 30 heavy (non-hydrogen) atoms. The summed E-state index contributed by atoms with van der Waals surface area (Å²) in [6, 6.07) is 18.0. The minimum Gasteiger partial charge on any atom is -0.493 e. The van der Waals surface area contributed by atoms with E-state index in [4.69, 9.17) is 14.5 Å². The molecule has 0 N–H and O–H groups in total. The van der Waals surface area contributed by atoms with E-state index in [1.54, 1.807) is 14.2 Å². The number of fused-ring (bicyclic) bond motifs is 2. The smallest absolute Gasteiger partial charge is 0.163 e. The Balaban J connectivity index is 1.68. The number of nitrogens with zero attached hydrogens (tertiary/aromatic N) is 4. The van der Waals surface area contributed by atoms with Crippen LogP contribution in [0.5, 0.6) is 11.5 Å². The fourth-order valence-corrected chi connectivity index (χ4v) is 3.68. The lowest BCUT2D eigenvalue weighted by atomic mass is 10.1. The van der Waals surface area contributed by atoms with Gasteiger partial charge in [0.2, 0.25) is 0 Å². The monoisotopic (exact) mass is 396 g/mol. The molecule has 2 aromatic carbocycles. The predicted octanol–water partition coefficient (Wildman–Crippen LogP) is 4.94. The van der Waals surface area contributed by atoms with Gasteiger partial charge in [-0.1, -0.05) is 18.2 Å². The molecule has 0 aliphatic rings. The molecule has 0 radical (unpaired) electrons. The SMILES string of the molecule is COc1ccc(-c2cc(C)n3ncc(-c4cnc5ccccc5c4)c3n2)cc1OC. The Morgan fingerprint density at radius 1 is 0.833 bits per heavy atom. The first-order valence-electron chi connectivity index (χ1n) is 9.61. The number of aromatic nitrogens is 4. The third-order valence-electron chi connectivity index (χ3n) is 5.23. The molecule has 5 aromatic rings. The zero-order valence-corrected chi connectivity index (χ0v) is 17.0. The summed E-state index contributed by atoms with van der Waals surface area (Å²) in [4.78, 5) is 9.52. The van der Waals surface area contributed by atoms with Gasteiger partial charge in [0, 0.05) is 34.0 Å². The molecular formula is C24H20N4O2. The van der Waals surface area contributed by atoms with E-state index in [0.717, 1.165) is 44.6 Å². The highest BCUT2D eigenvalue weighted by atomic mass is 16.5. The van der Waals surface area contributed by atoms with Crippen LogP contribution in [-0.2, 0) is 0 Å². The van der Waals surface area contributed by atoms with Crippen molar-refractivity contribution in [2.24, 2.45) is 0 Å². The number of methoxy groups -OCH3 is 2. The summed E-state index contributed by atoms with van der Waals surface area (Å²) in [6.45, 7) is 2.02. The van der Waals surface area contributed by atoms with Crippen LogP contribution in [-0.4, -0.2) is 33.8 Å². The van der Waals surface area contributed by atoms with Gasteiger partial charge in [0.05, 0.1) is 31.6 Å². The van der Waals surface area contributed by atoms with Crippen LogP contribution in [0.25, 0.3) is 38.9 Å². The van der Waals surface area contributed by atoms with Gasteiger partial charge in [-0.05, 0) is 43.3 Å². The average Bonchev–Trinajstić information content (AvgIpc) is 3.23. The minimum absolute atomic E-state index is 0.668. The van der Waals surface area contributed by atoms with Crippen LogP contribution in [0.2, 0.25) is 0 Å². The normalized spacial score (nSPS) is 11.2. The Bertz CT molecular complexity index is 1390. The Morgan fingerprint density at radius 2 is 1.67 bits per heavy atom. The van der Waals surface area contributed by atoms with E-state index in [1.165, 1.54) is 0 Å². The molecule has 6 heteroatoms. The van der Waals surface area contributed by atoms with Gasteiger partial charge in [-0.25, -0.2) is 9.50 Å². The summed E-state index contributed by atoms with van der Waals surface area (Å²) in [6.07, 6.45) is 3.72. The van der Waals surface area contributed by atoms with Crippen molar-refractivity contribution in [3.63, 3.8) is 0 Å². The molecular weight excluding hydrogens is 376 g/mol. The van der Waals surface area contributed by atoms with Gasteiger partial charge >= 0.3 is 0 Å². The highest BCUT2D eigenvalue weighted by Gasteiger charge is 2.14. The third kappa shape index (κ3) is 2.93. The van der Waals surface area contributed by atoms with Crippen LogP contribution in [0.3, 0.4) is 0 Å². The maximum Gasteiger partial charge on any atom is 0.163 e. The quantitative estimate of drug-likeness (QED) is 0.431. The molecule has 3 heterocycles. The van der Waals surface area contributed by atoms with Crippen molar-refractivity contribution in [3.05, 3.63) is 72.7 Å². The largest absolute Gasteiger partial charge is 0.493 e. The minimum atomic E-state index is 0.668. The highest BCUT2D eigenvalue weighted by molar-refractivity contribution is 5.87. The van der Waals surface area contributed by atoms with Gasteiger partial charge in [0.15, 0.2) is 17.1 Å². The van der Waals surface area contributed by atoms with E-state index in [-0.39, 0.29) is 0 Å². The summed E-state index contributed by atoms with van der Waals surface area (Å²) >= 11 is 0. The van der Waals surface area contributed by atoms with Gasteiger partial charge in [0.1, 0.15) is 0 Å². The number of pyridine rings is 1. The van der Waals surface area contributed by atoms with Crippen molar-refractivity contribution in [2.75, 3.05) is 14.2 Å². The zero-order chi connectivity index (χ0) is 20.7. The van der Waals surface area contributed by atoms with E-state index in [0.29, 0.717) is 11.5 Å². The van der Waals surface area contributed by atoms with Crippen molar-refractivity contribution in [3.8, 4) is 33.9 Å². The molecule has 0 bridgehead atoms. The summed E-state index contributed by atoms with van der Waals surface area (Å²) in [5.41, 5.74) is 6.46. The number of ether oxygens (including phenoxy) is 2. The Morgan fingerprint density at radius 3 is 2.50 bits per heavy atom. The molecule has 0 aliphatic heterocycles.